The van der Waals surface area contributed by atoms with E-state index in [4.69, 9.17) is 9.26 Å². The van der Waals surface area contributed by atoms with Crippen LogP contribution in [0.3, 0.4) is 0 Å². The van der Waals surface area contributed by atoms with E-state index in [0.717, 1.165) is 28.0 Å². The summed E-state index contributed by atoms with van der Waals surface area (Å²) in [4.78, 5) is 32.7. The number of benzene rings is 1. The lowest BCUT2D eigenvalue weighted by molar-refractivity contribution is 0.0526. The molecular formula is C23H21N7O3. The Morgan fingerprint density at radius 2 is 2.09 bits per heavy atom. The van der Waals surface area contributed by atoms with Crippen molar-refractivity contribution < 1.29 is 14.1 Å². The predicted molar refractivity (Wildman–Crippen MR) is 122 cm³/mol. The number of aromatic amines is 1. The zero-order valence-corrected chi connectivity index (χ0v) is 18.1. The number of hydrogen-bond acceptors (Lipinski definition) is 9. The molecule has 0 saturated carbocycles. The topological polar surface area (TPSA) is 132 Å². The Hall–Kier alpha value is -4.34. The second-order valence-corrected chi connectivity index (χ2v) is 7.40. The number of fused-ring (bicyclic) bond motifs is 2. The van der Waals surface area contributed by atoms with Crippen molar-refractivity contribution in [2.75, 3.05) is 18.5 Å². The molecule has 0 aliphatic heterocycles. The molecule has 0 spiro atoms. The minimum atomic E-state index is -0.407. The van der Waals surface area contributed by atoms with Crippen LogP contribution in [0, 0.1) is 6.92 Å². The van der Waals surface area contributed by atoms with Gasteiger partial charge in [0.2, 0.25) is 11.7 Å². The first kappa shape index (κ1) is 20.6. The summed E-state index contributed by atoms with van der Waals surface area (Å²) in [6.07, 6.45) is 3.88. The fourth-order valence-electron chi connectivity index (χ4n) is 3.55. The molecule has 0 saturated heterocycles. The lowest BCUT2D eigenvalue weighted by Crippen LogP contribution is -2.07. The number of hydrogen-bond donors (Lipinski definition) is 2. The normalized spacial score (nSPS) is 11.2. The molecular weight excluding hydrogens is 422 g/mol. The highest BCUT2D eigenvalue weighted by Gasteiger charge is 2.12. The molecule has 4 heterocycles. The first-order valence-electron chi connectivity index (χ1n) is 10.6. The number of H-pyrrole nitrogens is 1. The highest BCUT2D eigenvalue weighted by atomic mass is 16.5. The van der Waals surface area contributed by atoms with Crippen LogP contribution in [0.1, 0.15) is 29.0 Å². The van der Waals surface area contributed by atoms with Gasteiger partial charge in [-0.2, -0.15) is 4.98 Å². The second-order valence-electron chi connectivity index (χ2n) is 7.40. The van der Waals surface area contributed by atoms with E-state index in [1.807, 2.05) is 24.3 Å². The summed E-state index contributed by atoms with van der Waals surface area (Å²) in [5, 5.41) is 9.39. The summed E-state index contributed by atoms with van der Waals surface area (Å²) in [7, 11) is 0. The second kappa shape index (κ2) is 8.65. The van der Waals surface area contributed by atoms with E-state index in [-0.39, 0.29) is 0 Å². The third-order valence-electron chi connectivity index (χ3n) is 5.10. The van der Waals surface area contributed by atoms with Crippen LogP contribution in [0.2, 0.25) is 0 Å². The van der Waals surface area contributed by atoms with Gasteiger partial charge in [0.05, 0.1) is 12.2 Å². The van der Waals surface area contributed by atoms with Crippen molar-refractivity contribution in [3.8, 4) is 11.4 Å². The molecule has 0 aliphatic carbocycles. The molecule has 10 nitrogen and oxygen atoms in total. The van der Waals surface area contributed by atoms with Gasteiger partial charge in [-0.05, 0) is 30.5 Å². The minimum absolute atomic E-state index is 0.312. The predicted octanol–water partition coefficient (Wildman–Crippen LogP) is 3.70. The van der Waals surface area contributed by atoms with E-state index in [0.29, 0.717) is 48.0 Å². The monoisotopic (exact) mass is 443 g/mol. The molecule has 5 rings (SSSR count). The molecule has 0 amide bonds. The third-order valence-corrected chi connectivity index (χ3v) is 5.10. The quantitative estimate of drug-likeness (QED) is 0.361. The van der Waals surface area contributed by atoms with Crippen molar-refractivity contribution >= 4 is 33.7 Å². The Labute approximate surface area is 188 Å². The van der Waals surface area contributed by atoms with Gasteiger partial charge in [-0.3, -0.25) is 0 Å². The lowest BCUT2D eigenvalue weighted by Gasteiger charge is -2.09. The number of imidazole rings is 1. The van der Waals surface area contributed by atoms with Crippen molar-refractivity contribution in [3.63, 3.8) is 0 Å². The number of carbonyl (C=O) groups is 1. The summed E-state index contributed by atoms with van der Waals surface area (Å²) in [6.45, 7) is 4.44. The summed E-state index contributed by atoms with van der Waals surface area (Å²) < 4.78 is 10.1. The SMILES string of the molecule is CCOC(=O)c1cnc2[nH]c(CCNc3nccc4ccc(-c5noc(C)n5)cc34)nc2c1. The molecule has 0 fully saturated rings. The van der Waals surface area contributed by atoms with Crippen LogP contribution in [0.25, 0.3) is 33.3 Å². The molecule has 0 aliphatic rings. The minimum Gasteiger partial charge on any atom is -0.462 e. The molecule has 1 aromatic carbocycles. The number of nitrogens with one attached hydrogen (secondary N) is 2. The van der Waals surface area contributed by atoms with Crippen molar-refractivity contribution in [1.29, 1.82) is 0 Å². The van der Waals surface area contributed by atoms with Gasteiger partial charge in [0.25, 0.3) is 0 Å². The molecule has 2 N–H and O–H groups in total. The number of carbonyl (C=O) groups excluding carboxylic acids is 1. The maximum atomic E-state index is 11.9. The number of ether oxygens (including phenoxy) is 1. The van der Waals surface area contributed by atoms with E-state index in [1.165, 1.54) is 6.20 Å². The van der Waals surface area contributed by atoms with Crippen LogP contribution >= 0.6 is 0 Å². The average Bonchev–Trinajstić information content (AvgIpc) is 3.44. The summed E-state index contributed by atoms with van der Waals surface area (Å²) in [5.41, 5.74) is 2.49. The van der Waals surface area contributed by atoms with E-state index in [9.17, 15) is 4.79 Å². The van der Waals surface area contributed by atoms with Gasteiger partial charge in [-0.25, -0.2) is 19.7 Å². The number of aromatic nitrogens is 6. The molecule has 0 atom stereocenters. The molecule has 5 aromatic rings. The van der Waals surface area contributed by atoms with Crippen LogP contribution in [0.4, 0.5) is 5.82 Å². The van der Waals surface area contributed by atoms with Crippen LogP contribution < -0.4 is 5.32 Å². The van der Waals surface area contributed by atoms with E-state index < -0.39 is 5.97 Å². The maximum absolute atomic E-state index is 11.9. The van der Waals surface area contributed by atoms with E-state index in [1.54, 1.807) is 26.1 Å². The fraction of sp³-hybridized carbons (Fsp3) is 0.217. The number of esters is 1. The molecule has 10 heteroatoms. The average molecular weight is 443 g/mol. The lowest BCUT2D eigenvalue weighted by atomic mass is 10.1. The highest BCUT2D eigenvalue weighted by Crippen LogP contribution is 2.26. The van der Waals surface area contributed by atoms with Gasteiger partial charge in [0, 0.05) is 43.2 Å². The van der Waals surface area contributed by atoms with Crippen LogP contribution in [-0.2, 0) is 11.2 Å². The fourth-order valence-corrected chi connectivity index (χ4v) is 3.55. The van der Waals surface area contributed by atoms with Crippen LogP contribution in [-0.4, -0.2) is 49.2 Å². The van der Waals surface area contributed by atoms with E-state index in [2.05, 4.69) is 35.4 Å². The highest BCUT2D eigenvalue weighted by molar-refractivity contribution is 5.94. The van der Waals surface area contributed by atoms with Crippen molar-refractivity contribution in [2.45, 2.75) is 20.3 Å². The Kier molecular flexibility index (Phi) is 5.39. The molecule has 33 heavy (non-hydrogen) atoms. The Morgan fingerprint density at radius 3 is 2.91 bits per heavy atom. The van der Waals surface area contributed by atoms with Crippen LogP contribution in [0.5, 0.6) is 0 Å². The van der Waals surface area contributed by atoms with Crippen molar-refractivity contribution in [3.05, 3.63) is 60.0 Å². The molecule has 166 valence electrons. The van der Waals surface area contributed by atoms with E-state index >= 15 is 0 Å². The maximum Gasteiger partial charge on any atom is 0.339 e. The Morgan fingerprint density at radius 1 is 1.18 bits per heavy atom. The number of nitrogens with zero attached hydrogens (tertiary/aromatic N) is 5. The van der Waals surface area contributed by atoms with Gasteiger partial charge in [-0.1, -0.05) is 17.3 Å². The summed E-state index contributed by atoms with van der Waals surface area (Å²) in [5.74, 6) is 2.17. The standard InChI is InChI=1S/C23H21N7O3/c1-3-32-23(31)16-11-18-22(26-12-16)29-19(28-18)7-9-25-21-17-10-15(20-27-13(2)33-30-20)5-4-14(17)6-8-24-21/h4-6,8,10-12H,3,7,9H2,1-2H3,(H,24,25)(H,26,28,29). The van der Waals surface area contributed by atoms with Gasteiger partial charge in [0.15, 0.2) is 5.65 Å². The molecule has 4 aromatic heterocycles. The van der Waals surface area contributed by atoms with Gasteiger partial charge >= 0.3 is 5.97 Å². The number of pyridine rings is 2. The van der Waals surface area contributed by atoms with Gasteiger partial charge in [0.1, 0.15) is 17.2 Å². The number of anilines is 1. The molecule has 0 bridgehead atoms. The van der Waals surface area contributed by atoms with Crippen molar-refractivity contribution in [1.82, 2.24) is 30.1 Å². The zero-order valence-electron chi connectivity index (χ0n) is 18.1. The number of aryl methyl sites for hydroxylation is 1. The largest absolute Gasteiger partial charge is 0.462 e. The van der Waals surface area contributed by atoms with Crippen LogP contribution in [0.15, 0.2) is 47.2 Å². The molecule has 0 unspecified atom stereocenters. The third kappa shape index (κ3) is 4.22. The van der Waals surface area contributed by atoms with Gasteiger partial charge in [-0.15, -0.1) is 0 Å². The first-order valence-corrected chi connectivity index (χ1v) is 10.6. The first-order chi connectivity index (χ1) is 16.1. The van der Waals surface area contributed by atoms with Crippen molar-refractivity contribution in [2.24, 2.45) is 0 Å². The summed E-state index contributed by atoms with van der Waals surface area (Å²) in [6, 6.07) is 9.60. The zero-order chi connectivity index (χ0) is 22.8. The Balaban J connectivity index is 1.32. The summed E-state index contributed by atoms with van der Waals surface area (Å²) >= 11 is 0. The van der Waals surface area contributed by atoms with Gasteiger partial charge < -0.3 is 19.6 Å². The molecule has 0 radical (unpaired) electrons. The Bertz CT molecular complexity index is 1460. The smallest absolute Gasteiger partial charge is 0.339 e. The number of rotatable bonds is 7.